The number of carbonyl (C=O) groups is 1. The molecule has 4 heteroatoms. The zero-order chi connectivity index (χ0) is 11.0. The van der Waals surface area contributed by atoms with Crippen LogP contribution in [0, 0.1) is 5.92 Å². The van der Waals surface area contributed by atoms with E-state index in [2.05, 4.69) is 0 Å². The van der Waals surface area contributed by atoms with Crippen LogP contribution in [0.15, 0.2) is 18.2 Å². The van der Waals surface area contributed by atoms with Crippen molar-refractivity contribution in [1.82, 2.24) is 0 Å². The summed E-state index contributed by atoms with van der Waals surface area (Å²) in [5, 5.41) is 9.38. The second-order valence-corrected chi connectivity index (χ2v) is 4.06. The SMILES string of the molecule is COc1c(Cl)cccc1[C@@H]1C[C@H]1C(=O)O. The fourth-order valence-corrected chi connectivity index (χ4v) is 2.10. The monoisotopic (exact) mass is 226 g/mol. The van der Waals surface area contributed by atoms with Crippen molar-refractivity contribution in [1.29, 1.82) is 0 Å². The van der Waals surface area contributed by atoms with Gasteiger partial charge < -0.3 is 9.84 Å². The number of benzene rings is 1. The van der Waals surface area contributed by atoms with Crippen LogP contribution in [0.1, 0.15) is 17.9 Å². The van der Waals surface area contributed by atoms with Gasteiger partial charge in [0.05, 0.1) is 18.1 Å². The summed E-state index contributed by atoms with van der Waals surface area (Å²) in [5.74, 6) is -0.372. The minimum absolute atomic E-state index is 0.0520. The van der Waals surface area contributed by atoms with E-state index in [1.54, 1.807) is 13.2 Å². The third kappa shape index (κ3) is 1.79. The Balaban J connectivity index is 2.30. The quantitative estimate of drug-likeness (QED) is 0.862. The highest BCUT2D eigenvalue weighted by Gasteiger charge is 2.45. The fraction of sp³-hybridized carbons (Fsp3) is 0.364. The Hall–Kier alpha value is -1.22. The maximum Gasteiger partial charge on any atom is 0.307 e. The first kappa shape index (κ1) is 10.3. The number of rotatable bonds is 3. The van der Waals surface area contributed by atoms with Crippen LogP contribution in [0.4, 0.5) is 0 Å². The molecule has 1 aliphatic rings. The standard InChI is InChI=1S/C11H11ClO3/c1-15-10-6(3-2-4-9(10)12)7-5-8(7)11(13)14/h2-4,7-8H,5H2,1H3,(H,13,14)/t7-,8+/m0/s1. The van der Waals surface area contributed by atoms with Crippen molar-refractivity contribution >= 4 is 17.6 Å². The summed E-state index contributed by atoms with van der Waals surface area (Å²) >= 11 is 5.96. The predicted octanol–water partition coefficient (Wildman–Crippen LogP) is 2.54. The highest BCUT2D eigenvalue weighted by atomic mass is 35.5. The Kier molecular flexibility index (Phi) is 2.57. The van der Waals surface area contributed by atoms with Crippen molar-refractivity contribution in [2.75, 3.05) is 7.11 Å². The van der Waals surface area contributed by atoms with E-state index in [1.807, 2.05) is 12.1 Å². The minimum Gasteiger partial charge on any atom is -0.495 e. The number of ether oxygens (including phenoxy) is 1. The van der Waals surface area contributed by atoms with E-state index < -0.39 is 5.97 Å². The van der Waals surface area contributed by atoms with Crippen molar-refractivity contribution in [2.24, 2.45) is 5.92 Å². The van der Waals surface area contributed by atoms with Gasteiger partial charge in [0.25, 0.3) is 0 Å². The van der Waals surface area contributed by atoms with E-state index in [0.717, 1.165) is 5.56 Å². The highest BCUT2D eigenvalue weighted by Crippen LogP contribution is 2.51. The second kappa shape index (κ2) is 3.74. The summed E-state index contributed by atoms with van der Waals surface area (Å²) in [6.07, 6.45) is 0.673. The number of hydrogen-bond acceptors (Lipinski definition) is 2. The Bertz CT molecular complexity index is 403. The fourth-order valence-electron chi connectivity index (χ4n) is 1.84. The first-order valence-electron chi connectivity index (χ1n) is 4.70. The molecule has 0 unspecified atom stereocenters. The average Bonchev–Trinajstić information content (AvgIpc) is 2.96. The molecule has 0 bridgehead atoms. The topological polar surface area (TPSA) is 46.5 Å². The van der Waals surface area contributed by atoms with Crippen molar-refractivity contribution in [3.63, 3.8) is 0 Å². The predicted molar refractivity (Wildman–Crippen MR) is 56.5 cm³/mol. The molecule has 1 saturated carbocycles. The van der Waals surface area contributed by atoms with Gasteiger partial charge in [0.2, 0.25) is 0 Å². The first-order valence-corrected chi connectivity index (χ1v) is 5.08. The van der Waals surface area contributed by atoms with Crippen LogP contribution < -0.4 is 4.74 Å². The lowest BCUT2D eigenvalue weighted by Gasteiger charge is -2.08. The van der Waals surface area contributed by atoms with Crippen LogP contribution in [-0.2, 0) is 4.79 Å². The number of carboxylic acids is 1. The zero-order valence-electron chi connectivity index (χ0n) is 8.24. The molecule has 15 heavy (non-hydrogen) atoms. The van der Waals surface area contributed by atoms with Gasteiger partial charge in [-0.3, -0.25) is 4.79 Å². The van der Waals surface area contributed by atoms with Gasteiger partial charge >= 0.3 is 5.97 Å². The van der Waals surface area contributed by atoms with Gasteiger partial charge in [-0.1, -0.05) is 23.7 Å². The molecule has 1 aliphatic carbocycles. The molecule has 1 fully saturated rings. The maximum absolute atomic E-state index is 10.8. The van der Waals surface area contributed by atoms with E-state index >= 15 is 0 Å². The lowest BCUT2D eigenvalue weighted by Crippen LogP contribution is -2.00. The number of carboxylic acid groups (broad SMARTS) is 1. The molecule has 0 spiro atoms. The van der Waals surface area contributed by atoms with Gasteiger partial charge in [0, 0.05) is 5.92 Å². The van der Waals surface area contributed by atoms with Crippen LogP contribution in [0.5, 0.6) is 5.75 Å². The first-order chi connectivity index (χ1) is 7.15. The summed E-state index contributed by atoms with van der Waals surface area (Å²) in [6, 6.07) is 5.43. The van der Waals surface area contributed by atoms with Gasteiger partial charge in [-0.2, -0.15) is 0 Å². The molecule has 0 aromatic heterocycles. The van der Waals surface area contributed by atoms with Crippen molar-refractivity contribution in [3.8, 4) is 5.75 Å². The second-order valence-electron chi connectivity index (χ2n) is 3.65. The smallest absolute Gasteiger partial charge is 0.307 e. The lowest BCUT2D eigenvalue weighted by molar-refractivity contribution is -0.138. The van der Waals surface area contributed by atoms with E-state index in [9.17, 15) is 4.79 Å². The maximum atomic E-state index is 10.8. The van der Waals surface area contributed by atoms with Gasteiger partial charge in [-0.05, 0) is 18.1 Å². The molecule has 1 aromatic carbocycles. The Morgan fingerprint density at radius 1 is 1.60 bits per heavy atom. The largest absolute Gasteiger partial charge is 0.495 e. The molecular weight excluding hydrogens is 216 g/mol. The van der Waals surface area contributed by atoms with Crippen LogP contribution in [0.25, 0.3) is 0 Å². The average molecular weight is 227 g/mol. The van der Waals surface area contributed by atoms with E-state index in [4.69, 9.17) is 21.4 Å². The summed E-state index contributed by atoms with van der Waals surface area (Å²) < 4.78 is 5.18. The number of methoxy groups -OCH3 is 1. The third-order valence-corrected chi connectivity index (χ3v) is 3.01. The number of aliphatic carboxylic acids is 1. The Morgan fingerprint density at radius 2 is 2.33 bits per heavy atom. The van der Waals surface area contributed by atoms with Crippen molar-refractivity contribution in [2.45, 2.75) is 12.3 Å². The van der Waals surface area contributed by atoms with Gasteiger partial charge in [0.1, 0.15) is 5.75 Å². The summed E-state index contributed by atoms with van der Waals surface area (Å²) in [4.78, 5) is 10.8. The molecule has 0 aliphatic heterocycles. The zero-order valence-corrected chi connectivity index (χ0v) is 8.99. The summed E-state index contributed by atoms with van der Waals surface area (Å²) in [6.45, 7) is 0. The molecule has 80 valence electrons. The molecule has 1 N–H and O–H groups in total. The van der Waals surface area contributed by atoms with E-state index in [1.165, 1.54) is 0 Å². The summed E-state index contributed by atoms with van der Waals surface area (Å²) in [7, 11) is 1.54. The molecular formula is C11H11ClO3. The Morgan fingerprint density at radius 3 is 2.87 bits per heavy atom. The van der Waals surface area contributed by atoms with E-state index in [-0.39, 0.29) is 11.8 Å². The lowest BCUT2D eigenvalue weighted by atomic mass is 10.1. The van der Waals surface area contributed by atoms with Gasteiger partial charge in [0.15, 0.2) is 0 Å². The van der Waals surface area contributed by atoms with Crippen LogP contribution in [0.2, 0.25) is 5.02 Å². The number of hydrogen-bond donors (Lipinski definition) is 1. The van der Waals surface area contributed by atoms with Crippen molar-refractivity contribution in [3.05, 3.63) is 28.8 Å². The normalized spacial score (nSPS) is 23.6. The molecule has 3 nitrogen and oxygen atoms in total. The van der Waals surface area contributed by atoms with E-state index in [0.29, 0.717) is 17.2 Å². The summed E-state index contributed by atoms with van der Waals surface area (Å²) in [5.41, 5.74) is 0.900. The molecule has 0 heterocycles. The van der Waals surface area contributed by atoms with Crippen molar-refractivity contribution < 1.29 is 14.6 Å². The van der Waals surface area contributed by atoms with Crippen LogP contribution in [-0.4, -0.2) is 18.2 Å². The third-order valence-electron chi connectivity index (χ3n) is 2.71. The molecule has 0 saturated heterocycles. The molecule has 1 aromatic rings. The molecule has 0 radical (unpaired) electrons. The van der Waals surface area contributed by atoms with Crippen LogP contribution >= 0.6 is 11.6 Å². The number of para-hydroxylation sites is 1. The van der Waals surface area contributed by atoms with Gasteiger partial charge in [-0.25, -0.2) is 0 Å². The minimum atomic E-state index is -0.748. The highest BCUT2D eigenvalue weighted by molar-refractivity contribution is 6.32. The molecule has 2 rings (SSSR count). The Labute approximate surface area is 92.6 Å². The molecule has 2 atom stereocenters. The van der Waals surface area contributed by atoms with Crippen LogP contribution in [0.3, 0.4) is 0 Å². The van der Waals surface area contributed by atoms with Gasteiger partial charge in [-0.15, -0.1) is 0 Å². The molecule has 0 amide bonds. The number of halogens is 1.